The number of aliphatic imine (C=N–C) groups is 3. The van der Waals surface area contributed by atoms with Crippen molar-refractivity contribution in [3.05, 3.63) is 34.3 Å². The first-order chi connectivity index (χ1) is 51.5. The summed E-state index contributed by atoms with van der Waals surface area (Å²) >= 11 is 0. The second kappa shape index (κ2) is 50.0. The minimum Gasteiger partial charge on any atom is -0.466 e. The first-order valence-electron chi connectivity index (χ1n) is 44.1. The fourth-order valence-electron chi connectivity index (χ4n) is 17.8. The van der Waals surface area contributed by atoms with Crippen LogP contribution in [0.4, 0.5) is 0 Å². The van der Waals surface area contributed by atoms with Gasteiger partial charge in [-0.15, -0.1) is 0 Å². The Morgan fingerprint density at radius 3 is 1.22 bits per heavy atom. The third-order valence-corrected chi connectivity index (χ3v) is 25.1. The lowest BCUT2D eigenvalue weighted by molar-refractivity contribution is -0.150. The molecule has 0 saturated carbocycles. The van der Waals surface area contributed by atoms with Gasteiger partial charge >= 0.3 is 35.8 Å². The lowest BCUT2D eigenvalue weighted by atomic mass is 9.55. The number of carbonyl (C=O) groups excluding carboxylic acids is 6. The van der Waals surface area contributed by atoms with E-state index >= 15 is 9.59 Å². The molecule has 107 heavy (non-hydrogen) atoms. The van der Waals surface area contributed by atoms with E-state index in [0.29, 0.717) is 51.4 Å². The van der Waals surface area contributed by atoms with Crippen molar-refractivity contribution >= 4 is 53.0 Å². The van der Waals surface area contributed by atoms with Crippen LogP contribution in [-0.2, 0) is 57.2 Å². The maximum Gasteiger partial charge on any atom is 0.306 e. The molecule has 0 aliphatic carbocycles. The van der Waals surface area contributed by atoms with Crippen LogP contribution in [0.25, 0.3) is 0 Å². The van der Waals surface area contributed by atoms with Crippen molar-refractivity contribution in [3.63, 3.8) is 0 Å². The minimum atomic E-state index is -1.30. The summed E-state index contributed by atoms with van der Waals surface area (Å²) in [7, 11) is 0. The summed E-state index contributed by atoms with van der Waals surface area (Å²) in [6.45, 7) is 32.4. The Kier molecular flexibility index (Phi) is 43.2. The van der Waals surface area contributed by atoms with Gasteiger partial charge in [-0.25, -0.2) is 0 Å². The van der Waals surface area contributed by atoms with Gasteiger partial charge in [0.1, 0.15) is 0 Å². The molecule has 0 radical (unpaired) electrons. The van der Waals surface area contributed by atoms with E-state index in [9.17, 15) is 19.2 Å². The molecular weight excluding hydrogens is 1340 g/mol. The summed E-state index contributed by atoms with van der Waals surface area (Å²) in [6.07, 6.45) is 41.9. The molecule has 5 aliphatic rings. The van der Waals surface area contributed by atoms with E-state index in [4.69, 9.17) is 43.4 Å². The van der Waals surface area contributed by atoms with Crippen molar-refractivity contribution in [1.29, 1.82) is 0 Å². The molecule has 5 aliphatic heterocycles. The Morgan fingerprint density at radius 2 is 0.804 bits per heavy atom. The zero-order valence-corrected chi connectivity index (χ0v) is 70.6. The zero-order valence-electron chi connectivity index (χ0n) is 70.6. The zero-order chi connectivity index (χ0) is 78.1. The van der Waals surface area contributed by atoms with Crippen molar-refractivity contribution in [2.75, 3.05) is 39.6 Å². The monoisotopic (exact) mass is 1500 g/mol. The van der Waals surface area contributed by atoms with Gasteiger partial charge in [-0.2, -0.15) is 0 Å². The number of rotatable bonds is 58. The predicted octanol–water partition coefficient (Wildman–Crippen LogP) is 23.0. The van der Waals surface area contributed by atoms with Gasteiger partial charge in [0.2, 0.25) is 0 Å². The molecule has 0 aromatic carbocycles. The predicted molar refractivity (Wildman–Crippen MR) is 436 cm³/mol. The molecule has 8 bridgehead atoms. The Labute approximate surface area is 650 Å². The molecule has 16 nitrogen and oxygen atoms in total. The van der Waals surface area contributed by atoms with Crippen LogP contribution < -0.4 is 5.32 Å². The van der Waals surface area contributed by atoms with Crippen molar-refractivity contribution in [1.82, 2.24) is 5.32 Å². The van der Waals surface area contributed by atoms with E-state index in [1.54, 1.807) is 0 Å². The third kappa shape index (κ3) is 28.8. The molecule has 0 spiro atoms. The van der Waals surface area contributed by atoms with Crippen molar-refractivity contribution in [2.24, 2.45) is 60.8 Å². The summed E-state index contributed by atoms with van der Waals surface area (Å²) in [5.74, 6) is -3.74. The SMILES string of the molecule is CCCCCCCCOC(=O)CCC1/C2=C/C3=NC(=C(/C)C4=NC(C(CC(=O)OCCCCCCCC)C4(C)CCC(=O)OCCCCCCCC)C4(C)N=C(C(C)=C(N2)C1C)C(CCC(=O)OCCCCCCCC)C4(C)CC(=O)OCCCCCCCC)/C(CCC(=O)OCCCCCCCC)C3(C)C. The van der Waals surface area contributed by atoms with Gasteiger partial charge < -0.3 is 33.7 Å². The summed E-state index contributed by atoms with van der Waals surface area (Å²) in [6, 6.07) is -0.816. The molecule has 16 heteroatoms. The van der Waals surface area contributed by atoms with Crippen LogP contribution in [0.5, 0.6) is 0 Å². The number of ether oxygens (including phenoxy) is 6. The van der Waals surface area contributed by atoms with E-state index in [-0.39, 0.29) is 112 Å². The van der Waals surface area contributed by atoms with Crippen LogP contribution >= 0.6 is 0 Å². The molecule has 9 atom stereocenters. The molecule has 5 heterocycles. The molecule has 1 saturated heterocycles. The quantitative estimate of drug-likeness (QED) is 0.0342. The van der Waals surface area contributed by atoms with E-state index in [2.05, 4.69) is 108 Å². The molecule has 0 aromatic rings. The van der Waals surface area contributed by atoms with E-state index < -0.39 is 39.7 Å². The average molecular weight is 1500 g/mol. The first-order valence-corrected chi connectivity index (χ1v) is 44.1. The highest BCUT2D eigenvalue weighted by Gasteiger charge is 2.66. The van der Waals surface area contributed by atoms with Crippen LogP contribution in [0.2, 0.25) is 0 Å². The van der Waals surface area contributed by atoms with Gasteiger partial charge in [0.05, 0.1) is 64.1 Å². The topological polar surface area (TPSA) is 207 Å². The maximum absolute atomic E-state index is 15.3. The fourth-order valence-corrected chi connectivity index (χ4v) is 17.8. The average Bonchev–Trinajstić information content (AvgIpc) is 1.53. The van der Waals surface area contributed by atoms with Crippen LogP contribution in [0.1, 0.15) is 392 Å². The Balaban J connectivity index is 1.82. The molecule has 0 aromatic heterocycles. The smallest absolute Gasteiger partial charge is 0.306 e. The molecule has 5 rings (SSSR count). The van der Waals surface area contributed by atoms with Crippen LogP contribution in [0, 0.1) is 45.8 Å². The van der Waals surface area contributed by atoms with E-state index in [1.165, 1.54) is 44.9 Å². The number of nitrogens with one attached hydrogen (secondary N) is 1. The van der Waals surface area contributed by atoms with Gasteiger partial charge in [0.15, 0.2) is 0 Å². The fraction of sp³-hybridized carbons (Fsp3) is 0.835. The summed E-state index contributed by atoms with van der Waals surface area (Å²) in [4.78, 5) is 106. The third-order valence-electron chi connectivity index (χ3n) is 25.1. The van der Waals surface area contributed by atoms with Gasteiger partial charge in [0.25, 0.3) is 0 Å². The van der Waals surface area contributed by atoms with Crippen LogP contribution in [-0.4, -0.2) is 104 Å². The highest BCUT2D eigenvalue weighted by Crippen LogP contribution is 2.62. The number of unbranched alkanes of at least 4 members (excludes halogenated alkanes) is 30. The van der Waals surface area contributed by atoms with Crippen molar-refractivity contribution in [2.45, 2.75) is 404 Å². The number of fused-ring (bicyclic) bond motifs is 6. The van der Waals surface area contributed by atoms with Gasteiger partial charge in [-0.1, -0.05) is 269 Å². The number of hydrogen-bond donors (Lipinski definition) is 1. The first kappa shape index (κ1) is 92.5. The molecule has 610 valence electrons. The minimum absolute atomic E-state index is 0.0451. The number of hydrogen-bond acceptors (Lipinski definition) is 16. The number of nitrogens with zero attached hydrogens (tertiary/aromatic N) is 3. The lowest BCUT2D eigenvalue weighted by Crippen LogP contribution is -2.55. The lowest BCUT2D eigenvalue weighted by Gasteiger charge is -2.48. The largest absolute Gasteiger partial charge is 0.466 e. The molecule has 0 amide bonds. The Morgan fingerprint density at radius 1 is 0.439 bits per heavy atom. The van der Waals surface area contributed by atoms with E-state index in [1.807, 2.05) is 0 Å². The van der Waals surface area contributed by atoms with Gasteiger partial charge in [-0.05, 0) is 102 Å². The Bertz CT molecular complexity index is 2900. The summed E-state index contributed by atoms with van der Waals surface area (Å²) < 4.78 is 36.9. The van der Waals surface area contributed by atoms with Gasteiger partial charge in [0, 0.05) is 106 Å². The normalized spacial score (nSPS) is 24.7. The Hall–Kier alpha value is -5.15. The second-order valence-corrected chi connectivity index (χ2v) is 33.9. The number of allylic oxidation sites excluding steroid dienone is 6. The van der Waals surface area contributed by atoms with Crippen molar-refractivity contribution < 1.29 is 57.2 Å². The van der Waals surface area contributed by atoms with Crippen LogP contribution in [0.3, 0.4) is 0 Å². The summed E-state index contributed by atoms with van der Waals surface area (Å²) in [5.41, 5.74) is 2.41. The highest BCUT2D eigenvalue weighted by molar-refractivity contribution is 6.10. The molecule has 1 fully saturated rings. The highest BCUT2D eigenvalue weighted by atomic mass is 16.6. The molecule has 9 unspecified atom stereocenters. The van der Waals surface area contributed by atoms with Crippen molar-refractivity contribution in [3.8, 4) is 0 Å². The maximum atomic E-state index is 15.3. The molecule has 1 N–H and O–H groups in total. The molecular formula is C91H154N4O12. The summed E-state index contributed by atoms with van der Waals surface area (Å²) in [5, 5.41) is 4.00. The van der Waals surface area contributed by atoms with E-state index in [0.717, 1.165) is 226 Å². The van der Waals surface area contributed by atoms with Gasteiger partial charge in [-0.3, -0.25) is 43.7 Å². The number of carbonyl (C=O) groups is 6. The number of esters is 6. The van der Waals surface area contributed by atoms with Crippen LogP contribution in [0.15, 0.2) is 49.3 Å². The standard InChI is InChI=1S/C91H154N4O12/c1-15-21-27-33-39-45-59-102-77(96)54-51-71-68(7)83-69(8)85-73(53-56-79(98)104-61-47-41-35-29-23-17-3)90(13,67-82(101)107-64-50-44-38-32-26-20-6)91(14,95-85)87-74(65-81(100)106-63-49-43-37-31-25-19-5)89(12,58-57-80(99)105-62-48-42-36-30-24-18-4)86(94-87)70(9)84-72(88(10,11)76(93-84)66-75(71)92-83)52-55-78(97)103-60-46-40-34-28-22-16-2/h66,68,71-74,87,92H,15-65,67H2,1-14H3/b75-66-,83-69?,84-70-. The second-order valence-electron chi connectivity index (χ2n) is 33.9.